The van der Waals surface area contributed by atoms with E-state index in [0.29, 0.717) is 38.4 Å². The van der Waals surface area contributed by atoms with Crippen LogP contribution in [0, 0.1) is 0 Å². The second kappa shape index (κ2) is 12.0. The number of benzene rings is 2. The summed E-state index contributed by atoms with van der Waals surface area (Å²) in [6, 6.07) is 13.9. The molecule has 0 radical (unpaired) electrons. The van der Waals surface area contributed by atoms with Crippen molar-refractivity contribution in [2.24, 2.45) is 0 Å². The third-order valence-electron chi connectivity index (χ3n) is 5.13. The van der Waals surface area contributed by atoms with Crippen LogP contribution in [-0.2, 0) is 30.7 Å². The Labute approximate surface area is 190 Å². The minimum Gasteiger partial charge on any atom is -0.494 e. The van der Waals surface area contributed by atoms with Crippen LogP contribution >= 0.6 is 0 Å². The first-order valence-electron chi connectivity index (χ1n) is 10.9. The van der Waals surface area contributed by atoms with Gasteiger partial charge in [-0.05, 0) is 67.6 Å². The lowest BCUT2D eigenvalue weighted by Crippen LogP contribution is -2.24. The van der Waals surface area contributed by atoms with E-state index in [9.17, 15) is 13.2 Å². The van der Waals surface area contributed by atoms with Crippen molar-refractivity contribution in [2.45, 2.75) is 49.7 Å². The van der Waals surface area contributed by atoms with E-state index in [2.05, 4.69) is 5.32 Å². The summed E-state index contributed by atoms with van der Waals surface area (Å²) in [7, 11) is -3.22. The zero-order valence-corrected chi connectivity index (χ0v) is 19.2. The van der Waals surface area contributed by atoms with Gasteiger partial charge in [0.15, 0.2) is 9.84 Å². The van der Waals surface area contributed by atoms with Crippen molar-refractivity contribution >= 4 is 21.4 Å². The molecule has 1 saturated heterocycles. The third-order valence-corrected chi connectivity index (χ3v) is 6.25. The van der Waals surface area contributed by atoms with E-state index in [1.807, 2.05) is 24.3 Å². The highest BCUT2D eigenvalue weighted by molar-refractivity contribution is 7.90. The molecule has 0 spiro atoms. The van der Waals surface area contributed by atoms with Gasteiger partial charge in [0, 0.05) is 25.0 Å². The van der Waals surface area contributed by atoms with Gasteiger partial charge in [0.2, 0.25) is 5.91 Å². The quantitative estimate of drug-likeness (QED) is 0.509. The summed E-state index contributed by atoms with van der Waals surface area (Å²) in [4.78, 5) is 12.5. The summed E-state index contributed by atoms with van der Waals surface area (Å²) >= 11 is 0. The number of carbonyl (C=O) groups excluding carboxylic acids is 1. The van der Waals surface area contributed by atoms with Gasteiger partial charge in [0.25, 0.3) is 0 Å². The van der Waals surface area contributed by atoms with E-state index < -0.39 is 9.84 Å². The third kappa shape index (κ3) is 8.26. The number of carbonyl (C=O) groups is 1. The highest BCUT2D eigenvalue weighted by Gasteiger charge is 2.13. The largest absolute Gasteiger partial charge is 0.494 e. The fraction of sp³-hybridized carbons (Fsp3) is 0.458. The maximum absolute atomic E-state index is 12.2. The van der Waals surface area contributed by atoms with Crippen LogP contribution in [0.3, 0.4) is 0 Å². The van der Waals surface area contributed by atoms with Crippen molar-refractivity contribution in [2.75, 3.05) is 31.4 Å². The van der Waals surface area contributed by atoms with Crippen LogP contribution in [0.2, 0.25) is 0 Å². The number of amides is 1. The lowest BCUT2D eigenvalue weighted by atomic mass is 10.1. The normalized spacial score (nSPS) is 16.5. The van der Waals surface area contributed by atoms with Gasteiger partial charge < -0.3 is 19.5 Å². The van der Waals surface area contributed by atoms with Crippen molar-refractivity contribution in [3.63, 3.8) is 0 Å². The van der Waals surface area contributed by atoms with Gasteiger partial charge in [-0.2, -0.15) is 0 Å². The Hall–Kier alpha value is -2.42. The highest BCUT2D eigenvalue weighted by atomic mass is 32.2. The maximum atomic E-state index is 12.2. The Bertz CT molecular complexity index is 968. The van der Waals surface area contributed by atoms with Crippen LogP contribution in [0.25, 0.3) is 0 Å². The molecule has 1 unspecified atom stereocenters. The van der Waals surface area contributed by atoms with Crippen molar-refractivity contribution in [3.05, 3.63) is 54.1 Å². The smallest absolute Gasteiger partial charge is 0.224 e. The van der Waals surface area contributed by atoms with E-state index >= 15 is 0 Å². The predicted octanol–water partition coefficient (Wildman–Crippen LogP) is 3.97. The molecule has 0 aliphatic carbocycles. The van der Waals surface area contributed by atoms with Crippen LogP contribution in [-0.4, -0.2) is 46.5 Å². The van der Waals surface area contributed by atoms with Gasteiger partial charge in [-0.3, -0.25) is 4.79 Å². The van der Waals surface area contributed by atoms with E-state index in [4.69, 9.17) is 14.2 Å². The van der Waals surface area contributed by atoms with E-state index in [-0.39, 0.29) is 16.9 Å². The zero-order chi connectivity index (χ0) is 22.8. The Morgan fingerprint density at radius 1 is 1.16 bits per heavy atom. The monoisotopic (exact) mass is 461 g/mol. The van der Waals surface area contributed by atoms with Crippen LogP contribution in [0.4, 0.5) is 5.69 Å². The SMILES string of the molecule is CS(=O)(=O)c1ccc(OCCCC(=O)Nc2cccc(COCC3CCCCO3)c2)cc1. The molecule has 1 heterocycles. The second-order valence-corrected chi connectivity index (χ2v) is 9.96. The molecule has 0 aromatic heterocycles. The Balaban J connectivity index is 1.35. The maximum Gasteiger partial charge on any atom is 0.224 e. The summed E-state index contributed by atoms with van der Waals surface area (Å²) in [5.41, 5.74) is 1.74. The summed E-state index contributed by atoms with van der Waals surface area (Å²) in [5.74, 6) is 0.485. The van der Waals surface area contributed by atoms with Gasteiger partial charge in [-0.25, -0.2) is 8.42 Å². The standard InChI is InChI=1S/C24H31NO6S/c1-32(27,28)23-12-10-21(11-13-23)30-15-5-9-24(26)25-20-7-4-6-19(16-20)17-29-18-22-8-2-3-14-31-22/h4,6-7,10-13,16,22H,2-3,5,8-9,14-15,17-18H2,1H3,(H,25,26). The van der Waals surface area contributed by atoms with Crippen molar-refractivity contribution in [1.29, 1.82) is 0 Å². The first-order chi connectivity index (χ1) is 15.4. The molecule has 7 nitrogen and oxygen atoms in total. The van der Waals surface area contributed by atoms with E-state index in [1.165, 1.54) is 18.6 Å². The lowest BCUT2D eigenvalue weighted by Gasteiger charge is -2.22. The molecule has 32 heavy (non-hydrogen) atoms. The second-order valence-electron chi connectivity index (χ2n) is 7.95. The van der Waals surface area contributed by atoms with Gasteiger partial charge in [-0.15, -0.1) is 0 Å². The van der Waals surface area contributed by atoms with Crippen molar-refractivity contribution in [3.8, 4) is 5.75 Å². The summed E-state index contributed by atoms with van der Waals surface area (Å²) < 4.78 is 40.0. The van der Waals surface area contributed by atoms with E-state index in [1.54, 1.807) is 12.1 Å². The van der Waals surface area contributed by atoms with Crippen molar-refractivity contribution < 1.29 is 27.4 Å². The average molecular weight is 462 g/mol. The molecule has 8 heteroatoms. The molecule has 0 bridgehead atoms. The topological polar surface area (TPSA) is 90.9 Å². The Morgan fingerprint density at radius 3 is 2.69 bits per heavy atom. The number of hydrogen-bond acceptors (Lipinski definition) is 6. The highest BCUT2D eigenvalue weighted by Crippen LogP contribution is 2.17. The molecule has 1 amide bonds. The fourth-order valence-corrected chi connectivity index (χ4v) is 4.05. The minimum absolute atomic E-state index is 0.0882. The van der Waals surface area contributed by atoms with Gasteiger partial charge >= 0.3 is 0 Å². The van der Waals surface area contributed by atoms with Gasteiger partial charge in [0.05, 0.1) is 30.8 Å². The molecule has 2 aromatic carbocycles. The summed E-state index contributed by atoms with van der Waals surface area (Å²) in [5, 5.41) is 2.90. The lowest BCUT2D eigenvalue weighted by molar-refractivity contribution is -0.116. The first-order valence-corrected chi connectivity index (χ1v) is 12.8. The molecular formula is C24H31NO6S. The summed E-state index contributed by atoms with van der Waals surface area (Å²) in [6.45, 7) is 2.25. The van der Waals surface area contributed by atoms with Crippen LogP contribution in [0.1, 0.15) is 37.7 Å². The number of hydrogen-bond donors (Lipinski definition) is 1. The molecule has 2 aromatic rings. The molecule has 0 saturated carbocycles. The molecule has 1 atom stereocenters. The number of ether oxygens (including phenoxy) is 3. The first kappa shape index (κ1) is 24.2. The molecule has 1 fully saturated rings. The van der Waals surface area contributed by atoms with E-state index in [0.717, 1.165) is 37.0 Å². The predicted molar refractivity (Wildman–Crippen MR) is 123 cm³/mol. The van der Waals surface area contributed by atoms with Crippen LogP contribution in [0.15, 0.2) is 53.4 Å². The number of sulfone groups is 1. The van der Waals surface area contributed by atoms with Crippen LogP contribution in [0.5, 0.6) is 5.75 Å². The minimum atomic E-state index is -3.22. The number of rotatable bonds is 11. The molecule has 1 aliphatic rings. The van der Waals surface area contributed by atoms with Crippen LogP contribution < -0.4 is 10.1 Å². The number of anilines is 1. The summed E-state index contributed by atoms with van der Waals surface area (Å²) in [6.07, 6.45) is 5.58. The molecule has 3 rings (SSSR count). The number of nitrogens with one attached hydrogen (secondary N) is 1. The molecule has 1 aliphatic heterocycles. The van der Waals surface area contributed by atoms with Gasteiger partial charge in [0.1, 0.15) is 5.75 Å². The Kier molecular flexibility index (Phi) is 9.08. The zero-order valence-electron chi connectivity index (χ0n) is 18.4. The average Bonchev–Trinajstić information content (AvgIpc) is 2.77. The fourth-order valence-electron chi connectivity index (χ4n) is 3.42. The Morgan fingerprint density at radius 2 is 1.97 bits per heavy atom. The van der Waals surface area contributed by atoms with Crippen molar-refractivity contribution in [1.82, 2.24) is 0 Å². The molecule has 1 N–H and O–H groups in total. The molecule has 174 valence electrons. The van der Waals surface area contributed by atoms with Gasteiger partial charge in [-0.1, -0.05) is 12.1 Å². The molecular weight excluding hydrogens is 430 g/mol.